The molecular formula is C17H26F4O3Si. The highest BCUT2D eigenvalue weighted by Crippen LogP contribution is 2.39. The van der Waals surface area contributed by atoms with Gasteiger partial charge in [-0.15, -0.1) is 0 Å². The molecule has 1 N–H and O–H groups in total. The van der Waals surface area contributed by atoms with E-state index in [1.165, 1.54) is 19.2 Å². The summed E-state index contributed by atoms with van der Waals surface area (Å²) in [5.41, 5.74) is -0.488. The van der Waals surface area contributed by atoms with Gasteiger partial charge in [-0.2, -0.15) is 13.2 Å². The van der Waals surface area contributed by atoms with Crippen molar-refractivity contribution in [2.45, 2.75) is 63.7 Å². The Labute approximate surface area is 147 Å². The zero-order valence-corrected chi connectivity index (χ0v) is 16.4. The van der Waals surface area contributed by atoms with E-state index in [-0.39, 0.29) is 12.2 Å². The molecule has 0 radical (unpaired) electrons. The summed E-state index contributed by atoms with van der Waals surface area (Å²) in [5.74, 6) is -0.604. The molecule has 0 aliphatic carbocycles. The molecule has 2 unspecified atom stereocenters. The molecule has 8 heteroatoms. The summed E-state index contributed by atoms with van der Waals surface area (Å²) in [6, 6.07) is 4.30. The number of methoxy groups -OCH3 is 1. The first-order valence-electron chi connectivity index (χ1n) is 7.94. The first kappa shape index (κ1) is 21.9. The van der Waals surface area contributed by atoms with Crippen LogP contribution in [-0.4, -0.2) is 38.9 Å². The van der Waals surface area contributed by atoms with Crippen LogP contribution in [0.5, 0.6) is 5.75 Å². The maximum atomic E-state index is 14.0. The van der Waals surface area contributed by atoms with E-state index < -0.39 is 37.9 Å². The number of benzene rings is 1. The number of para-hydroxylation sites is 1. The van der Waals surface area contributed by atoms with Gasteiger partial charge in [-0.3, -0.25) is 0 Å². The lowest BCUT2D eigenvalue weighted by atomic mass is 9.78. The van der Waals surface area contributed by atoms with E-state index in [1.54, 1.807) is 39.6 Å². The van der Waals surface area contributed by atoms with Crippen LogP contribution in [0.3, 0.4) is 0 Å². The molecule has 25 heavy (non-hydrogen) atoms. The Hall–Kier alpha value is -1.12. The largest absolute Gasteiger partial charge is 0.493 e. The van der Waals surface area contributed by atoms with Crippen LogP contribution in [0.4, 0.5) is 17.6 Å². The molecule has 0 spiro atoms. The van der Waals surface area contributed by atoms with Gasteiger partial charge >= 0.3 is 6.18 Å². The SMILES string of the molecule is COc1c(F)cccc1C(C)(C)CC(O[Si](C)(C)C)C(O)C(F)(F)F. The van der Waals surface area contributed by atoms with Gasteiger partial charge in [0.05, 0.1) is 13.2 Å². The summed E-state index contributed by atoms with van der Waals surface area (Å²) in [6.45, 7) is 8.60. The Morgan fingerprint density at radius 1 is 1.16 bits per heavy atom. The van der Waals surface area contributed by atoms with Gasteiger partial charge in [-0.05, 0) is 37.5 Å². The summed E-state index contributed by atoms with van der Waals surface area (Å²) in [6.07, 6.45) is -9.00. The minimum Gasteiger partial charge on any atom is -0.493 e. The molecule has 1 aromatic rings. The van der Waals surface area contributed by atoms with Gasteiger partial charge < -0.3 is 14.3 Å². The molecule has 0 aliphatic rings. The molecule has 1 rings (SSSR count). The average Bonchev–Trinajstić information content (AvgIpc) is 2.42. The van der Waals surface area contributed by atoms with Gasteiger partial charge in [0.2, 0.25) is 0 Å². The summed E-state index contributed by atoms with van der Waals surface area (Å²) >= 11 is 0. The van der Waals surface area contributed by atoms with Crippen LogP contribution in [0.1, 0.15) is 25.8 Å². The number of ether oxygens (including phenoxy) is 1. The Morgan fingerprint density at radius 3 is 2.16 bits per heavy atom. The lowest BCUT2D eigenvalue weighted by Gasteiger charge is -2.37. The van der Waals surface area contributed by atoms with Crippen LogP contribution in [0, 0.1) is 5.82 Å². The zero-order chi connectivity index (χ0) is 19.6. The van der Waals surface area contributed by atoms with Crippen molar-refractivity contribution in [1.29, 1.82) is 0 Å². The number of aliphatic hydroxyl groups is 1. The fourth-order valence-electron chi connectivity index (χ4n) is 2.74. The lowest BCUT2D eigenvalue weighted by Crippen LogP contribution is -2.48. The number of halogens is 4. The zero-order valence-electron chi connectivity index (χ0n) is 15.4. The van der Waals surface area contributed by atoms with Gasteiger partial charge in [0.15, 0.2) is 26.0 Å². The quantitative estimate of drug-likeness (QED) is 0.551. The summed E-state index contributed by atoms with van der Waals surface area (Å²) < 4.78 is 63.8. The minimum atomic E-state index is -4.80. The molecule has 144 valence electrons. The third-order valence-electron chi connectivity index (χ3n) is 3.80. The number of alkyl halides is 3. The maximum Gasteiger partial charge on any atom is 0.416 e. The highest BCUT2D eigenvalue weighted by molar-refractivity contribution is 6.69. The third-order valence-corrected chi connectivity index (χ3v) is 4.81. The minimum absolute atomic E-state index is 0.0132. The van der Waals surface area contributed by atoms with Crippen molar-refractivity contribution in [2.75, 3.05) is 7.11 Å². The van der Waals surface area contributed by atoms with Crippen LogP contribution in [0.2, 0.25) is 19.6 Å². The smallest absolute Gasteiger partial charge is 0.416 e. The summed E-state index contributed by atoms with van der Waals surface area (Å²) in [4.78, 5) is 0. The van der Waals surface area contributed by atoms with Crippen LogP contribution >= 0.6 is 0 Å². The third kappa shape index (κ3) is 5.97. The molecule has 0 saturated carbocycles. The molecule has 1 aromatic carbocycles. The number of rotatable bonds is 7. The van der Waals surface area contributed by atoms with Crippen LogP contribution in [0.15, 0.2) is 18.2 Å². The summed E-state index contributed by atoms with van der Waals surface area (Å²) in [7, 11) is -1.06. The molecule has 0 fully saturated rings. The second kappa shape index (κ2) is 7.63. The average molecular weight is 382 g/mol. The molecule has 0 amide bonds. The first-order valence-corrected chi connectivity index (χ1v) is 11.4. The van der Waals surface area contributed by atoms with Gasteiger partial charge in [0.25, 0.3) is 0 Å². The van der Waals surface area contributed by atoms with Crippen molar-refractivity contribution in [1.82, 2.24) is 0 Å². The fraction of sp³-hybridized carbons (Fsp3) is 0.647. The van der Waals surface area contributed by atoms with Crippen molar-refractivity contribution >= 4 is 8.32 Å². The summed E-state index contributed by atoms with van der Waals surface area (Å²) in [5, 5.41) is 9.77. The predicted octanol–water partition coefficient (Wildman–Crippen LogP) is 4.65. The van der Waals surface area contributed by atoms with E-state index in [9.17, 15) is 22.7 Å². The van der Waals surface area contributed by atoms with Gasteiger partial charge in [-0.1, -0.05) is 26.0 Å². The van der Waals surface area contributed by atoms with E-state index in [0.29, 0.717) is 5.56 Å². The number of aliphatic hydroxyl groups excluding tert-OH is 1. The van der Waals surface area contributed by atoms with Crippen molar-refractivity contribution in [3.63, 3.8) is 0 Å². The van der Waals surface area contributed by atoms with E-state index >= 15 is 0 Å². The number of hydrogen-bond acceptors (Lipinski definition) is 3. The standard InChI is InChI=1S/C17H26F4O3Si/c1-16(2,11-8-7-9-12(18)14(11)23-3)10-13(24-25(4,5)6)15(22)17(19,20)21/h7-9,13,15,22H,10H2,1-6H3. The van der Waals surface area contributed by atoms with Crippen molar-refractivity contribution < 1.29 is 31.8 Å². The number of hydrogen-bond donors (Lipinski definition) is 1. The molecule has 0 aromatic heterocycles. The Kier molecular flexibility index (Phi) is 6.69. The van der Waals surface area contributed by atoms with Gasteiger partial charge in [-0.25, -0.2) is 4.39 Å². The molecule has 0 aliphatic heterocycles. The highest BCUT2D eigenvalue weighted by Gasteiger charge is 2.47. The predicted molar refractivity (Wildman–Crippen MR) is 90.9 cm³/mol. The van der Waals surface area contributed by atoms with E-state index in [4.69, 9.17) is 9.16 Å². The van der Waals surface area contributed by atoms with Crippen LogP contribution < -0.4 is 4.74 Å². The second-order valence-corrected chi connectivity index (χ2v) is 12.1. The Balaban J connectivity index is 3.24. The monoisotopic (exact) mass is 382 g/mol. The van der Waals surface area contributed by atoms with Crippen molar-refractivity contribution in [3.8, 4) is 5.75 Å². The molecule has 2 atom stereocenters. The second-order valence-electron chi connectivity index (χ2n) is 7.66. The molecule has 0 heterocycles. The van der Waals surface area contributed by atoms with Crippen molar-refractivity contribution in [2.24, 2.45) is 0 Å². The topological polar surface area (TPSA) is 38.7 Å². The van der Waals surface area contributed by atoms with Crippen LogP contribution in [0.25, 0.3) is 0 Å². The molecule has 0 bridgehead atoms. The maximum absolute atomic E-state index is 14.0. The van der Waals surface area contributed by atoms with E-state index in [0.717, 1.165) is 0 Å². The van der Waals surface area contributed by atoms with E-state index in [1.807, 2.05) is 0 Å². The fourth-order valence-corrected chi connectivity index (χ4v) is 3.87. The lowest BCUT2D eigenvalue weighted by molar-refractivity contribution is -0.229. The van der Waals surface area contributed by atoms with Crippen LogP contribution in [-0.2, 0) is 9.84 Å². The van der Waals surface area contributed by atoms with E-state index in [2.05, 4.69) is 0 Å². The first-order chi connectivity index (χ1) is 11.2. The normalized spacial score (nSPS) is 15.8. The Bertz CT molecular complexity index is 582. The molecule has 3 nitrogen and oxygen atoms in total. The highest BCUT2D eigenvalue weighted by atomic mass is 28.4. The van der Waals surface area contributed by atoms with Gasteiger partial charge in [0.1, 0.15) is 0 Å². The Morgan fingerprint density at radius 2 is 1.72 bits per heavy atom. The van der Waals surface area contributed by atoms with Crippen molar-refractivity contribution in [3.05, 3.63) is 29.6 Å². The van der Waals surface area contributed by atoms with Gasteiger partial charge in [0, 0.05) is 5.56 Å². The molecule has 0 saturated heterocycles. The molecular weight excluding hydrogens is 356 g/mol.